The Balaban J connectivity index is 0.000000501. The van der Waals surface area contributed by atoms with Crippen LogP contribution >= 0.6 is 36.2 Å². The van der Waals surface area contributed by atoms with E-state index in [2.05, 4.69) is 26.6 Å². The third kappa shape index (κ3) is 23.9. The molecule has 18 nitrogen and oxygen atoms in total. The first-order valence-corrected chi connectivity index (χ1v) is 24.3. The summed E-state index contributed by atoms with van der Waals surface area (Å²) in [5.41, 5.74) is 2.75. The third-order valence-electron chi connectivity index (χ3n) is 10.7. The topological polar surface area (TPSA) is 271 Å². The number of carboxylic acids is 3. The van der Waals surface area contributed by atoms with Crippen molar-refractivity contribution in [2.45, 2.75) is 134 Å². The third-order valence-corrected chi connectivity index (χ3v) is 12.4. The van der Waals surface area contributed by atoms with Crippen molar-refractivity contribution in [3.63, 3.8) is 0 Å². The van der Waals surface area contributed by atoms with E-state index < -0.39 is 36.0 Å². The smallest absolute Gasteiger partial charge is 0.320 e. The largest absolute Gasteiger partial charge is 0.480 e. The van der Waals surface area contributed by atoms with Crippen LogP contribution in [0.2, 0.25) is 0 Å². The number of thiocarbonyl (C=S) groups is 2. The van der Waals surface area contributed by atoms with Gasteiger partial charge in [0.25, 0.3) is 0 Å². The molecule has 2 aliphatic rings. The molecule has 4 amide bonds. The van der Waals surface area contributed by atoms with Gasteiger partial charge in [-0.2, -0.15) is 0 Å². The summed E-state index contributed by atoms with van der Waals surface area (Å²) >= 11 is 11.9. The number of carbonyl (C=O) groups excluding carboxylic acids is 4. The maximum atomic E-state index is 12.3. The van der Waals surface area contributed by atoms with Crippen molar-refractivity contribution in [2.24, 2.45) is 5.92 Å². The zero-order valence-electron chi connectivity index (χ0n) is 39.2. The van der Waals surface area contributed by atoms with Gasteiger partial charge in [-0.25, -0.2) is 0 Å². The van der Waals surface area contributed by atoms with E-state index in [-0.39, 0.29) is 41.2 Å². The lowest BCUT2D eigenvalue weighted by Crippen LogP contribution is -2.34. The van der Waals surface area contributed by atoms with Gasteiger partial charge in [-0.1, -0.05) is 31.3 Å². The number of hydrogen-bond donors (Lipinski definition) is 9. The summed E-state index contributed by atoms with van der Waals surface area (Å²) in [5, 5.41) is 48.8. The fraction of sp³-hybridized carbons (Fsp3) is 0.644. The van der Waals surface area contributed by atoms with E-state index in [9.17, 15) is 33.6 Å². The van der Waals surface area contributed by atoms with Gasteiger partial charge in [-0.15, -0.1) is 11.8 Å². The molecule has 0 saturated carbocycles. The molecule has 0 bridgehead atoms. The monoisotopic (exact) mass is 980 g/mol. The first-order chi connectivity index (χ1) is 31.2. The molecule has 66 heavy (non-hydrogen) atoms. The number of carboxylic acid groups (broad SMARTS) is 3. The lowest BCUT2D eigenvalue weighted by molar-refractivity contribution is -0.141. The van der Waals surface area contributed by atoms with Gasteiger partial charge >= 0.3 is 17.9 Å². The number of benzene rings is 1. The number of likely N-dealkylation sites (N-methyl/N-ethyl adjacent to an activating group) is 3. The van der Waals surface area contributed by atoms with Gasteiger partial charge < -0.3 is 47.3 Å². The lowest BCUT2D eigenvalue weighted by Gasteiger charge is -2.16. The number of anilines is 1. The van der Waals surface area contributed by atoms with Gasteiger partial charge in [-0.05, 0) is 146 Å². The van der Waals surface area contributed by atoms with Crippen LogP contribution in [0.25, 0.3) is 0 Å². The Hall–Kier alpha value is -4.41. The summed E-state index contributed by atoms with van der Waals surface area (Å²) < 4.78 is 0. The van der Waals surface area contributed by atoms with Gasteiger partial charge in [0.05, 0.1) is 5.25 Å². The first-order valence-electron chi connectivity index (χ1n) is 22.4. The highest BCUT2D eigenvalue weighted by Crippen LogP contribution is 2.26. The second kappa shape index (κ2) is 33.1. The summed E-state index contributed by atoms with van der Waals surface area (Å²) in [4.78, 5) is 83.4. The number of rotatable bonds is 29. The number of carbonyl (C=O) groups is 7. The molecule has 21 heteroatoms. The van der Waals surface area contributed by atoms with Gasteiger partial charge in [0.2, 0.25) is 23.6 Å². The van der Waals surface area contributed by atoms with E-state index in [1.807, 2.05) is 31.2 Å². The molecule has 3 rings (SSSR count). The molecular formula is C45H72N8O10S3. The van der Waals surface area contributed by atoms with Crippen LogP contribution in [0.4, 0.5) is 5.69 Å². The highest BCUT2D eigenvalue weighted by Gasteiger charge is 2.38. The molecule has 5 atom stereocenters. The Kier molecular flexibility index (Phi) is 29.9. The highest BCUT2D eigenvalue weighted by molar-refractivity contribution is 8.00. The minimum atomic E-state index is -0.887. The Morgan fingerprint density at radius 2 is 1.20 bits per heavy atom. The molecule has 1 aromatic carbocycles. The minimum absolute atomic E-state index is 0.108. The van der Waals surface area contributed by atoms with Crippen molar-refractivity contribution in [1.29, 1.82) is 5.41 Å². The van der Waals surface area contributed by atoms with Crippen molar-refractivity contribution >= 4 is 99.1 Å². The highest BCUT2D eigenvalue weighted by atomic mass is 32.2. The quantitative estimate of drug-likeness (QED) is 0.0232. The minimum Gasteiger partial charge on any atom is -0.480 e. The molecule has 2 heterocycles. The van der Waals surface area contributed by atoms with Crippen LogP contribution < -0.4 is 26.6 Å². The predicted octanol–water partition coefficient (Wildman–Crippen LogP) is 4.48. The fourth-order valence-corrected chi connectivity index (χ4v) is 8.43. The van der Waals surface area contributed by atoms with E-state index in [4.69, 9.17) is 45.2 Å². The number of hydrogen-bond acceptors (Lipinski definition) is 14. The SMILES string of the molecule is CN[C@@H](CCCCN1C(=O)CC(C)C1=O)C(=O)O.CN[C@@H](CCCCN1C(=O)CC(SCCCC(C)=N)C1=O)C(=O)O.CN[C@@H](CCCCNC(=S)Nc1ccc(CC(C)=S)cc1)C(=O)O. The maximum absolute atomic E-state index is 12.3. The van der Waals surface area contributed by atoms with Crippen LogP contribution in [-0.4, -0.2) is 152 Å². The average molecular weight is 981 g/mol. The van der Waals surface area contributed by atoms with Crippen molar-refractivity contribution in [3.05, 3.63) is 29.8 Å². The number of unbranched alkanes of at least 4 members (excludes halogenated alkanes) is 3. The lowest BCUT2D eigenvalue weighted by atomic mass is 10.1. The number of imide groups is 2. The molecule has 370 valence electrons. The van der Waals surface area contributed by atoms with Crippen molar-refractivity contribution < 1.29 is 48.9 Å². The number of aliphatic carboxylic acids is 3. The number of likely N-dealkylation sites (tertiary alicyclic amines) is 2. The molecule has 0 aromatic heterocycles. The molecule has 2 fully saturated rings. The van der Waals surface area contributed by atoms with Crippen LogP contribution in [-0.2, 0) is 40.0 Å². The van der Waals surface area contributed by atoms with E-state index in [0.29, 0.717) is 81.8 Å². The van der Waals surface area contributed by atoms with Gasteiger partial charge in [0, 0.05) is 56.2 Å². The predicted molar refractivity (Wildman–Crippen MR) is 266 cm³/mol. The average Bonchev–Trinajstić information content (AvgIpc) is 3.66. The molecule has 0 aliphatic carbocycles. The molecule has 2 saturated heterocycles. The Morgan fingerprint density at radius 1 is 0.727 bits per heavy atom. The zero-order valence-corrected chi connectivity index (χ0v) is 41.7. The van der Waals surface area contributed by atoms with E-state index in [1.54, 1.807) is 35.0 Å². The molecule has 0 spiro atoms. The Labute approximate surface area is 404 Å². The van der Waals surface area contributed by atoms with E-state index in [1.165, 1.54) is 27.1 Å². The molecule has 2 aliphatic heterocycles. The van der Waals surface area contributed by atoms with Crippen LogP contribution in [0.1, 0.15) is 110 Å². The Morgan fingerprint density at radius 3 is 1.62 bits per heavy atom. The molecule has 1 aromatic rings. The van der Waals surface area contributed by atoms with Crippen LogP contribution in [0.5, 0.6) is 0 Å². The number of nitrogens with zero attached hydrogens (tertiary/aromatic N) is 2. The number of amides is 4. The second-order valence-electron chi connectivity index (χ2n) is 16.3. The normalized spacial score (nSPS) is 16.9. The number of nitrogens with one attached hydrogen (secondary N) is 6. The van der Waals surface area contributed by atoms with Crippen LogP contribution in [0, 0.1) is 11.3 Å². The fourth-order valence-electron chi connectivity index (χ4n) is 6.92. The van der Waals surface area contributed by atoms with Gasteiger partial charge in [0.1, 0.15) is 18.1 Å². The summed E-state index contributed by atoms with van der Waals surface area (Å²) in [5.74, 6) is -2.49. The van der Waals surface area contributed by atoms with Crippen molar-refractivity contribution in [2.75, 3.05) is 51.8 Å². The van der Waals surface area contributed by atoms with E-state index in [0.717, 1.165) is 48.4 Å². The zero-order chi connectivity index (χ0) is 49.8. The number of thioether (sulfide) groups is 1. The van der Waals surface area contributed by atoms with Gasteiger partial charge in [0.15, 0.2) is 5.11 Å². The molecule has 0 radical (unpaired) electrons. The van der Waals surface area contributed by atoms with E-state index >= 15 is 0 Å². The van der Waals surface area contributed by atoms with Crippen LogP contribution in [0.3, 0.4) is 0 Å². The summed E-state index contributed by atoms with van der Waals surface area (Å²) in [6.45, 7) is 6.93. The van der Waals surface area contributed by atoms with Crippen molar-refractivity contribution in [3.8, 4) is 0 Å². The summed E-state index contributed by atoms with van der Waals surface area (Å²) in [6, 6.07) is 6.39. The van der Waals surface area contributed by atoms with Gasteiger partial charge in [-0.3, -0.25) is 43.4 Å². The second-order valence-corrected chi connectivity index (χ2v) is 18.7. The standard InChI is InChI=1S/C17H25N3O2S2.C16H27N3O4S.C12H20N2O4/c1-12(23)11-13-6-8-14(9-7-13)20-17(24)19-10-4-3-5-15(18-2)16(21)22;1-11(17)6-5-9-24-13-10-14(20)19(15(13)21)8-4-3-7-12(18-2)16(22)23;1-8-7-10(15)14(11(8)16)6-4-3-5-9(13-2)12(17)18/h6-9,15,18H,3-5,10-11H2,1-2H3,(H,21,22)(H2,19,20,24);12-13,17-18H,3-10H2,1-2H3,(H,22,23);8-9,13H,3-7H2,1-2H3,(H,17,18)/t15-;12-,13?;8?,9-/m000/s1. The maximum Gasteiger partial charge on any atom is 0.320 e. The van der Waals surface area contributed by atoms with Crippen molar-refractivity contribution in [1.82, 2.24) is 31.1 Å². The first kappa shape index (κ1) is 59.6. The molecule has 9 N–H and O–H groups in total. The summed E-state index contributed by atoms with van der Waals surface area (Å²) in [6.07, 6.45) is 8.77. The molecular weight excluding hydrogens is 909 g/mol. The molecule has 2 unspecified atom stereocenters. The van der Waals surface area contributed by atoms with Crippen LogP contribution in [0.15, 0.2) is 24.3 Å². The Bertz CT molecular complexity index is 1790. The summed E-state index contributed by atoms with van der Waals surface area (Å²) in [7, 11) is 4.87.